The van der Waals surface area contributed by atoms with Gasteiger partial charge in [-0.05, 0) is 37.5 Å². The number of hydrogen-bond acceptors (Lipinski definition) is 4. The molecular formula is C12H15N3S. The summed E-state index contributed by atoms with van der Waals surface area (Å²) in [5.74, 6) is 0.826. The molecule has 0 radical (unpaired) electrons. The molecule has 1 N–H and O–H groups in total. The highest BCUT2D eigenvalue weighted by Gasteiger charge is 2.00. The molecule has 84 valence electrons. The van der Waals surface area contributed by atoms with Gasteiger partial charge < -0.3 is 5.32 Å². The summed E-state index contributed by atoms with van der Waals surface area (Å²) in [6.07, 6.45) is 0. The molecule has 0 saturated carbocycles. The molecule has 0 amide bonds. The first-order chi connectivity index (χ1) is 7.65. The van der Waals surface area contributed by atoms with E-state index in [4.69, 9.17) is 0 Å². The molecule has 0 spiro atoms. The Morgan fingerprint density at radius 2 is 2.00 bits per heavy atom. The zero-order valence-electron chi connectivity index (χ0n) is 9.74. The Balaban J connectivity index is 2.02. The molecule has 0 unspecified atom stereocenters. The Morgan fingerprint density at radius 3 is 2.62 bits per heavy atom. The Labute approximate surface area is 99.7 Å². The van der Waals surface area contributed by atoms with E-state index in [1.54, 1.807) is 0 Å². The highest BCUT2D eigenvalue weighted by atomic mass is 32.1. The van der Waals surface area contributed by atoms with Gasteiger partial charge in [0, 0.05) is 18.1 Å². The minimum atomic E-state index is 0.801. The van der Waals surface area contributed by atoms with Gasteiger partial charge in [0.15, 0.2) is 0 Å². The maximum absolute atomic E-state index is 4.26. The first kappa shape index (κ1) is 11.1. The van der Waals surface area contributed by atoms with E-state index in [0.29, 0.717) is 0 Å². The van der Waals surface area contributed by atoms with Gasteiger partial charge in [-0.15, -0.1) is 0 Å². The predicted molar refractivity (Wildman–Crippen MR) is 67.9 cm³/mol. The monoisotopic (exact) mass is 233 g/mol. The molecule has 2 aromatic rings. The summed E-state index contributed by atoms with van der Waals surface area (Å²) in [6, 6.07) is 6.50. The summed E-state index contributed by atoms with van der Waals surface area (Å²) in [7, 11) is 0. The van der Waals surface area contributed by atoms with Crippen molar-refractivity contribution in [3.63, 3.8) is 0 Å². The largest absolute Gasteiger partial charge is 0.356 e. The molecule has 16 heavy (non-hydrogen) atoms. The average Bonchev–Trinajstić information content (AvgIpc) is 2.66. The van der Waals surface area contributed by atoms with Crippen LogP contribution >= 0.6 is 11.5 Å². The van der Waals surface area contributed by atoms with Gasteiger partial charge in [0.25, 0.3) is 0 Å². The first-order valence-electron chi connectivity index (χ1n) is 5.25. The van der Waals surface area contributed by atoms with Crippen LogP contribution in [0.25, 0.3) is 0 Å². The van der Waals surface area contributed by atoms with Crippen molar-refractivity contribution in [2.24, 2.45) is 0 Å². The average molecular weight is 233 g/mol. The van der Waals surface area contributed by atoms with E-state index < -0.39 is 0 Å². The fraction of sp³-hybridized carbons (Fsp3) is 0.333. The van der Waals surface area contributed by atoms with Gasteiger partial charge in [-0.3, -0.25) is 0 Å². The lowest BCUT2D eigenvalue weighted by atomic mass is 10.1. The summed E-state index contributed by atoms with van der Waals surface area (Å²) in [6.45, 7) is 6.96. The van der Waals surface area contributed by atoms with Crippen molar-refractivity contribution in [2.45, 2.75) is 27.3 Å². The van der Waals surface area contributed by atoms with Crippen LogP contribution in [-0.2, 0) is 6.54 Å². The third-order valence-electron chi connectivity index (χ3n) is 2.54. The van der Waals surface area contributed by atoms with E-state index >= 15 is 0 Å². The molecule has 1 aromatic heterocycles. The summed E-state index contributed by atoms with van der Waals surface area (Å²) in [5.41, 5.74) is 3.93. The van der Waals surface area contributed by atoms with Crippen LogP contribution in [0.4, 0.5) is 5.13 Å². The normalized spacial score (nSPS) is 10.4. The number of rotatable bonds is 3. The van der Waals surface area contributed by atoms with Crippen molar-refractivity contribution in [3.8, 4) is 0 Å². The maximum Gasteiger partial charge on any atom is 0.202 e. The highest BCUT2D eigenvalue weighted by molar-refractivity contribution is 7.09. The van der Waals surface area contributed by atoms with E-state index in [9.17, 15) is 0 Å². The topological polar surface area (TPSA) is 37.8 Å². The van der Waals surface area contributed by atoms with E-state index in [2.05, 4.69) is 46.7 Å². The van der Waals surface area contributed by atoms with Gasteiger partial charge in [-0.25, -0.2) is 4.98 Å². The molecule has 1 heterocycles. The van der Waals surface area contributed by atoms with Gasteiger partial charge in [-0.2, -0.15) is 4.37 Å². The Morgan fingerprint density at radius 1 is 1.19 bits per heavy atom. The zero-order valence-corrected chi connectivity index (χ0v) is 10.6. The standard InChI is InChI=1S/C12H15N3S/c1-8-4-5-11(6-9(8)2)7-13-12-14-10(3)15-16-12/h4-6H,7H2,1-3H3,(H,13,14,15). The molecule has 0 aliphatic rings. The van der Waals surface area contributed by atoms with Crippen LogP contribution in [0, 0.1) is 20.8 Å². The maximum atomic E-state index is 4.26. The number of hydrogen-bond donors (Lipinski definition) is 1. The van der Waals surface area contributed by atoms with Crippen LogP contribution in [0.1, 0.15) is 22.5 Å². The van der Waals surface area contributed by atoms with Gasteiger partial charge in [-0.1, -0.05) is 18.2 Å². The van der Waals surface area contributed by atoms with Crippen molar-refractivity contribution in [3.05, 3.63) is 40.7 Å². The summed E-state index contributed by atoms with van der Waals surface area (Å²) in [4.78, 5) is 4.26. The summed E-state index contributed by atoms with van der Waals surface area (Å²) < 4.78 is 4.13. The molecule has 0 fully saturated rings. The summed E-state index contributed by atoms with van der Waals surface area (Å²) in [5, 5.41) is 4.16. The van der Waals surface area contributed by atoms with Crippen LogP contribution in [0.5, 0.6) is 0 Å². The van der Waals surface area contributed by atoms with Gasteiger partial charge in [0.1, 0.15) is 5.82 Å². The Kier molecular flexibility index (Phi) is 3.19. The quantitative estimate of drug-likeness (QED) is 0.885. The summed E-state index contributed by atoms with van der Waals surface area (Å²) >= 11 is 1.40. The minimum absolute atomic E-state index is 0.801. The van der Waals surface area contributed by atoms with Crippen molar-refractivity contribution in [1.82, 2.24) is 9.36 Å². The number of nitrogens with one attached hydrogen (secondary N) is 1. The number of aromatic nitrogens is 2. The van der Waals surface area contributed by atoms with E-state index in [1.807, 2.05) is 6.92 Å². The predicted octanol–water partition coefficient (Wildman–Crippen LogP) is 3.08. The smallest absolute Gasteiger partial charge is 0.202 e. The SMILES string of the molecule is Cc1nsc(NCc2ccc(C)c(C)c2)n1. The fourth-order valence-electron chi connectivity index (χ4n) is 1.46. The molecule has 0 bridgehead atoms. The molecule has 0 aliphatic heterocycles. The lowest BCUT2D eigenvalue weighted by molar-refractivity contribution is 1.09. The zero-order chi connectivity index (χ0) is 11.5. The second kappa shape index (κ2) is 4.61. The van der Waals surface area contributed by atoms with Gasteiger partial charge >= 0.3 is 0 Å². The Hall–Kier alpha value is -1.42. The third-order valence-corrected chi connectivity index (χ3v) is 3.31. The molecule has 3 nitrogen and oxygen atoms in total. The second-order valence-electron chi connectivity index (χ2n) is 3.92. The first-order valence-corrected chi connectivity index (χ1v) is 6.03. The van der Waals surface area contributed by atoms with E-state index in [0.717, 1.165) is 17.5 Å². The van der Waals surface area contributed by atoms with Gasteiger partial charge in [0.2, 0.25) is 5.13 Å². The van der Waals surface area contributed by atoms with Crippen LogP contribution in [0.2, 0.25) is 0 Å². The number of nitrogens with zero attached hydrogens (tertiary/aromatic N) is 2. The van der Waals surface area contributed by atoms with Crippen molar-refractivity contribution >= 4 is 16.7 Å². The molecule has 0 saturated heterocycles. The molecule has 4 heteroatoms. The lowest BCUT2D eigenvalue weighted by Crippen LogP contribution is -1.99. The third kappa shape index (κ3) is 2.58. The minimum Gasteiger partial charge on any atom is -0.356 e. The van der Waals surface area contributed by atoms with E-state index in [-0.39, 0.29) is 0 Å². The lowest BCUT2D eigenvalue weighted by Gasteiger charge is -2.05. The highest BCUT2D eigenvalue weighted by Crippen LogP contribution is 2.14. The van der Waals surface area contributed by atoms with Crippen molar-refractivity contribution < 1.29 is 0 Å². The van der Waals surface area contributed by atoms with Crippen LogP contribution in [0.15, 0.2) is 18.2 Å². The van der Waals surface area contributed by atoms with Gasteiger partial charge in [0.05, 0.1) is 0 Å². The number of aryl methyl sites for hydroxylation is 3. The molecule has 1 aromatic carbocycles. The van der Waals surface area contributed by atoms with E-state index in [1.165, 1.54) is 28.2 Å². The molecule has 2 rings (SSSR count). The van der Waals surface area contributed by atoms with Crippen molar-refractivity contribution in [2.75, 3.05) is 5.32 Å². The number of anilines is 1. The molecule has 0 aliphatic carbocycles. The van der Waals surface area contributed by atoms with Crippen molar-refractivity contribution in [1.29, 1.82) is 0 Å². The van der Waals surface area contributed by atoms with Crippen LogP contribution in [0.3, 0.4) is 0 Å². The molecule has 0 atom stereocenters. The number of benzene rings is 1. The fourth-order valence-corrected chi connectivity index (χ4v) is 2.03. The van der Waals surface area contributed by atoms with Crippen LogP contribution in [-0.4, -0.2) is 9.36 Å². The Bertz CT molecular complexity index is 491. The second-order valence-corrected chi connectivity index (χ2v) is 4.67. The molecular weight excluding hydrogens is 218 g/mol. The van der Waals surface area contributed by atoms with Crippen LogP contribution < -0.4 is 5.32 Å².